The normalized spacial score (nSPS) is 10.5. The second-order valence-corrected chi connectivity index (χ2v) is 6.43. The third-order valence-electron chi connectivity index (χ3n) is 4.16. The van der Waals surface area contributed by atoms with E-state index in [-0.39, 0.29) is 18.7 Å². The van der Waals surface area contributed by atoms with Gasteiger partial charge in [-0.25, -0.2) is 9.48 Å². The van der Waals surface area contributed by atoms with Crippen molar-refractivity contribution in [2.45, 2.75) is 13.5 Å². The van der Waals surface area contributed by atoms with E-state index in [9.17, 15) is 9.59 Å². The van der Waals surface area contributed by atoms with Crippen molar-refractivity contribution in [2.24, 2.45) is 5.73 Å². The zero-order valence-electron chi connectivity index (χ0n) is 16.7. The van der Waals surface area contributed by atoms with Crippen LogP contribution in [-0.2, 0) is 11.3 Å². The quantitative estimate of drug-likeness (QED) is 0.593. The molecule has 0 saturated carbocycles. The van der Waals surface area contributed by atoms with Crippen LogP contribution in [-0.4, -0.2) is 35.6 Å². The predicted molar refractivity (Wildman–Crippen MR) is 115 cm³/mol. The molecular formula is C22H24N4O4. The first-order chi connectivity index (χ1) is 14.6. The molecule has 0 aliphatic rings. The van der Waals surface area contributed by atoms with Crippen LogP contribution in [0.2, 0.25) is 0 Å². The van der Waals surface area contributed by atoms with E-state index in [2.05, 4.69) is 10.4 Å². The van der Waals surface area contributed by atoms with Crippen molar-refractivity contribution < 1.29 is 14.3 Å². The first kappa shape index (κ1) is 21.1. The number of nitrogens with zero attached hydrogens (tertiary/aromatic N) is 2. The smallest absolute Gasteiger partial charge is 0.411 e. The number of nitrogens with one attached hydrogen (secondary N) is 1. The summed E-state index contributed by atoms with van der Waals surface area (Å²) in [6.45, 7) is 3.13. The molecule has 0 saturated heterocycles. The number of hydrogen-bond donors (Lipinski definition) is 2. The van der Waals surface area contributed by atoms with Crippen molar-refractivity contribution in [3.63, 3.8) is 0 Å². The Morgan fingerprint density at radius 2 is 1.97 bits per heavy atom. The minimum absolute atomic E-state index is 0.224. The van der Waals surface area contributed by atoms with Gasteiger partial charge in [-0.15, -0.1) is 0 Å². The lowest BCUT2D eigenvalue weighted by molar-refractivity contribution is 0.168. The summed E-state index contributed by atoms with van der Waals surface area (Å²) in [4.78, 5) is 23.9. The average molecular weight is 408 g/mol. The predicted octanol–water partition coefficient (Wildman–Crippen LogP) is 2.86. The van der Waals surface area contributed by atoms with E-state index in [1.807, 2.05) is 30.3 Å². The highest BCUT2D eigenvalue weighted by Gasteiger charge is 2.07. The largest absolute Gasteiger partial charge is 0.492 e. The summed E-state index contributed by atoms with van der Waals surface area (Å²) in [7, 11) is 0. The maximum Gasteiger partial charge on any atom is 0.411 e. The summed E-state index contributed by atoms with van der Waals surface area (Å²) in [6, 6.07) is 17.8. The molecule has 1 amide bonds. The van der Waals surface area contributed by atoms with Gasteiger partial charge in [-0.05, 0) is 42.8 Å². The SMILES string of the molecule is CCOC(=O)Nc1cccc(Cn2nc(-c3cccc(OCCN)c3)ccc2=O)c1. The molecule has 3 N–H and O–H groups in total. The topological polar surface area (TPSA) is 108 Å². The summed E-state index contributed by atoms with van der Waals surface area (Å²) in [6.07, 6.45) is -0.524. The van der Waals surface area contributed by atoms with Crippen LogP contribution in [0.5, 0.6) is 5.75 Å². The summed E-state index contributed by atoms with van der Waals surface area (Å²) in [5.41, 5.74) is 8.13. The number of hydrogen-bond acceptors (Lipinski definition) is 6. The van der Waals surface area contributed by atoms with E-state index in [1.54, 1.807) is 31.2 Å². The number of amides is 1. The van der Waals surface area contributed by atoms with Gasteiger partial charge in [0.1, 0.15) is 12.4 Å². The van der Waals surface area contributed by atoms with Crippen molar-refractivity contribution in [1.82, 2.24) is 9.78 Å². The van der Waals surface area contributed by atoms with E-state index < -0.39 is 6.09 Å². The van der Waals surface area contributed by atoms with Gasteiger partial charge >= 0.3 is 6.09 Å². The van der Waals surface area contributed by atoms with Crippen molar-refractivity contribution in [2.75, 3.05) is 25.1 Å². The Kier molecular flexibility index (Phi) is 7.18. The van der Waals surface area contributed by atoms with E-state index in [0.29, 0.717) is 30.3 Å². The number of anilines is 1. The fourth-order valence-electron chi connectivity index (χ4n) is 2.84. The maximum atomic E-state index is 12.3. The first-order valence-electron chi connectivity index (χ1n) is 9.63. The Bertz CT molecular complexity index is 1060. The molecule has 0 bridgehead atoms. The zero-order valence-corrected chi connectivity index (χ0v) is 16.7. The Morgan fingerprint density at radius 3 is 2.77 bits per heavy atom. The van der Waals surface area contributed by atoms with E-state index in [0.717, 1.165) is 11.1 Å². The molecule has 0 spiro atoms. The molecule has 1 aromatic heterocycles. The minimum atomic E-state index is -0.524. The summed E-state index contributed by atoms with van der Waals surface area (Å²) >= 11 is 0. The van der Waals surface area contributed by atoms with Gasteiger partial charge in [0, 0.05) is 23.9 Å². The summed E-state index contributed by atoms with van der Waals surface area (Å²) in [5, 5.41) is 7.14. The third kappa shape index (κ3) is 5.68. The number of ether oxygens (including phenoxy) is 2. The van der Waals surface area contributed by atoms with Gasteiger partial charge in [0.2, 0.25) is 0 Å². The van der Waals surface area contributed by atoms with Crippen molar-refractivity contribution in [3.05, 3.63) is 76.6 Å². The zero-order chi connectivity index (χ0) is 21.3. The Labute approximate surface area is 174 Å². The van der Waals surface area contributed by atoms with E-state index in [4.69, 9.17) is 15.2 Å². The highest BCUT2D eigenvalue weighted by molar-refractivity contribution is 5.84. The number of benzene rings is 2. The molecule has 156 valence electrons. The van der Waals surface area contributed by atoms with Crippen LogP contribution in [0.25, 0.3) is 11.3 Å². The fourth-order valence-corrected chi connectivity index (χ4v) is 2.84. The molecule has 30 heavy (non-hydrogen) atoms. The molecule has 0 fully saturated rings. The van der Waals surface area contributed by atoms with Gasteiger partial charge < -0.3 is 15.2 Å². The van der Waals surface area contributed by atoms with Gasteiger partial charge in [0.05, 0.1) is 18.8 Å². The fraction of sp³-hybridized carbons (Fsp3) is 0.227. The molecule has 8 heteroatoms. The van der Waals surface area contributed by atoms with Crippen LogP contribution in [0.15, 0.2) is 65.5 Å². The standard InChI is InChI=1S/C22H24N4O4/c1-2-29-22(28)24-18-7-3-5-16(13-18)15-26-21(27)10-9-20(25-26)17-6-4-8-19(14-17)30-12-11-23/h3-10,13-14H,2,11-12,15,23H2,1H3,(H,24,28). The van der Waals surface area contributed by atoms with Crippen LogP contribution in [0, 0.1) is 0 Å². The number of aromatic nitrogens is 2. The second-order valence-electron chi connectivity index (χ2n) is 6.43. The maximum absolute atomic E-state index is 12.3. The average Bonchev–Trinajstić information content (AvgIpc) is 2.74. The lowest BCUT2D eigenvalue weighted by Crippen LogP contribution is -2.23. The number of carbonyl (C=O) groups excluding carboxylic acids is 1. The van der Waals surface area contributed by atoms with Gasteiger partial charge in [-0.1, -0.05) is 24.3 Å². The Balaban J connectivity index is 1.81. The molecule has 3 rings (SSSR count). The number of nitrogens with two attached hydrogens (primary N) is 1. The second kappa shape index (κ2) is 10.2. The molecule has 0 aliphatic heterocycles. The summed E-state index contributed by atoms with van der Waals surface area (Å²) < 4.78 is 11.8. The molecule has 1 heterocycles. The van der Waals surface area contributed by atoms with Crippen LogP contribution in [0.4, 0.5) is 10.5 Å². The molecule has 0 unspecified atom stereocenters. The molecule has 8 nitrogen and oxygen atoms in total. The van der Waals surface area contributed by atoms with Gasteiger partial charge in [-0.3, -0.25) is 10.1 Å². The van der Waals surface area contributed by atoms with Gasteiger partial charge in [0.15, 0.2) is 0 Å². The minimum Gasteiger partial charge on any atom is -0.492 e. The summed E-state index contributed by atoms with van der Waals surface area (Å²) in [5.74, 6) is 0.690. The van der Waals surface area contributed by atoms with Crippen LogP contribution in [0.1, 0.15) is 12.5 Å². The molecule has 0 aliphatic carbocycles. The molecule has 0 radical (unpaired) electrons. The van der Waals surface area contributed by atoms with E-state index >= 15 is 0 Å². The Morgan fingerprint density at radius 1 is 1.13 bits per heavy atom. The van der Waals surface area contributed by atoms with Crippen molar-refractivity contribution in [3.8, 4) is 17.0 Å². The number of rotatable bonds is 8. The van der Waals surface area contributed by atoms with Crippen molar-refractivity contribution >= 4 is 11.8 Å². The van der Waals surface area contributed by atoms with Crippen LogP contribution >= 0.6 is 0 Å². The molecule has 0 atom stereocenters. The third-order valence-corrected chi connectivity index (χ3v) is 4.16. The van der Waals surface area contributed by atoms with Crippen LogP contribution < -0.4 is 21.3 Å². The van der Waals surface area contributed by atoms with Crippen LogP contribution in [0.3, 0.4) is 0 Å². The Hall–Kier alpha value is -3.65. The van der Waals surface area contributed by atoms with Gasteiger partial charge in [0.25, 0.3) is 5.56 Å². The highest BCUT2D eigenvalue weighted by atomic mass is 16.5. The van der Waals surface area contributed by atoms with Crippen molar-refractivity contribution in [1.29, 1.82) is 0 Å². The monoisotopic (exact) mass is 408 g/mol. The lowest BCUT2D eigenvalue weighted by atomic mass is 10.1. The molecular weight excluding hydrogens is 384 g/mol. The number of carbonyl (C=O) groups is 1. The lowest BCUT2D eigenvalue weighted by Gasteiger charge is -2.10. The molecule has 3 aromatic rings. The first-order valence-corrected chi connectivity index (χ1v) is 9.63. The van der Waals surface area contributed by atoms with Gasteiger partial charge in [-0.2, -0.15) is 5.10 Å². The van der Waals surface area contributed by atoms with E-state index in [1.165, 1.54) is 10.7 Å². The highest BCUT2D eigenvalue weighted by Crippen LogP contribution is 2.21. The molecule has 2 aromatic carbocycles.